The number of nitrogens with one attached hydrogen (secondary N) is 1. The lowest BCUT2D eigenvalue weighted by molar-refractivity contribution is 0.165. The van der Waals surface area contributed by atoms with E-state index in [4.69, 9.17) is 13.7 Å². The normalized spacial score (nSPS) is 12.9. The molecule has 0 saturated carbocycles. The lowest BCUT2D eigenvalue weighted by Gasteiger charge is -2.11. The van der Waals surface area contributed by atoms with Gasteiger partial charge in [-0.3, -0.25) is 0 Å². The molecule has 0 aliphatic heterocycles. The molecule has 0 bridgehead atoms. The molecule has 1 atom stereocenters. The molecule has 0 saturated heterocycles. The Morgan fingerprint density at radius 1 is 1.33 bits per heavy atom. The Kier molecular flexibility index (Phi) is 3.98. The van der Waals surface area contributed by atoms with Crippen LogP contribution < -0.4 is 5.32 Å². The van der Waals surface area contributed by atoms with Crippen molar-refractivity contribution < 1.29 is 13.7 Å². The van der Waals surface area contributed by atoms with E-state index in [1.54, 1.807) is 13.4 Å². The van der Waals surface area contributed by atoms with Gasteiger partial charge < -0.3 is 19.0 Å². The first-order valence-corrected chi connectivity index (χ1v) is 6.77. The van der Waals surface area contributed by atoms with Gasteiger partial charge in [0.15, 0.2) is 0 Å². The number of furan rings is 1. The highest BCUT2D eigenvalue weighted by molar-refractivity contribution is 5.91. The van der Waals surface area contributed by atoms with Gasteiger partial charge in [-0.25, -0.2) is 0 Å². The molecule has 0 aliphatic carbocycles. The van der Waals surface area contributed by atoms with Crippen molar-refractivity contribution in [2.75, 3.05) is 20.8 Å². The van der Waals surface area contributed by atoms with Crippen LogP contribution in [-0.2, 0) is 11.2 Å². The van der Waals surface area contributed by atoms with Gasteiger partial charge in [0.05, 0.1) is 12.2 Å². The molecule has 3 aromatic rings. The summed E-state index contributed by atoms with van der Waals surface area (Å²) in [4.78, 5) is 4.44. The SMILES string of the molecule is CNC(COC)Cc1nc(-c2coc3ccccc23)no1. The fourth-order valence-corrected chi connectivity index (χ4v) is 2.25. The van der Waals surface area contributed by atoms with Gasteiger partial charge in [-0.15, -0.1) is 0 Å². The molecule has 1 N–H and O–H groups in total. The first-order valence-electron chi connectivity index (χ1n) is 6.77. The van der Waals surface area contributed by atoms with Gasteiger partial charge in [0, 0.05) is 25.0 Å². The molecule has 110 valence electrons. The van der Waals surface area contributed by atoms with Crippen LogP contribution in [0.1, 0.15) is 5.89 Å². The van der Waals surface area contributed by atoms with Crippen LogP contribution in [0.2, 0.25) is 0 Å². The molecule has 0 aliphatic rings. The highest BCUT2D eigenvalue weighted by Gasteiger charge is 2.16. The van der Waals surface area contributed by atoms with Crippen molar-refractivity contribution in [1.29, 1.82) is 0 Å². The largest absolute Gasteiger partial charge is 0.464 e. The smallest absolute Gasteiger partial charge is 0.228 e. The second-order valence-corrected chi connectivity index (χ2v) is 4.80. The maximum Gasteiger partial charge on any atom is 0.228 e. The minimum absolute atomic E-state index is 0.143. The molecule has 6 nitrogen and oxygen atoms in total. The first kappa shape index (κ1) is 13.8. The Hall–Kier alpha value is -2.18. The summed E-state index contributed by atoms with van der Waals surface area (Å²) in [5.41, 5.74) is 1.65. The van der Waals surface area contributed by atoms with E-state index in [-0.39, 0.29) is 6.04 Å². The summed E-state index contributed by atoms with van der Waals surface area (Å²) < 4.78 is 16.0. The number of ether oxygens (including phenoxy) is 1. The maximum atomic E-state index is 5.50. The number of rotatable bonds is 6. The number of likely N-dealkylation sites (N-methyl/N-ethyl adjacent to an activating group) is 1. The highest BCUT2D eigenvalue weighted by Crippen LogP contribution is 2.28. The highest BCUT2D eigenvalue weighted by atomic mass is 16.5. The zero-order valence-electron chi connectivity index (χ0n) is 12.0. The molecular formula is C15H17N3O3. The van der Waals surface area contributed by atoms with Crippen molar-refractivity contribution >= 4 is 11.0 Å². The van der Waals surface area contributed by atoms with Gasteiger partial charge in [0.1, 0.15) is 11.8 Å². The Bertz CT molecular complexity index is 720. The molecule has 0 fully saturated rings. The first-order chi connectivity index (χ1) is 10.3. The Morgan fingerprint density at radius 3 is 3.00 bits per heavy atom. The molecule has 0 radical (unpaired) electrons. The second kappa shape index (κ2) is 6.07. The van der Waals surface area contributed by atoms with Gasteiger partial charge in [0.25, 0.3) is 0 Å². The van der Waals surface area contributed by atoms with Crippen LogP contribution in [0.25, 0.3) is 22.4 Å². The minimum atomic E-state index is 0.143. The van der Waals surface area contributed by atoms with E-state index in [0.717, 1.165) is 16.5 Å². The summed E-state index contributed by atoms with van der Waals surface area (Å²) in [6.07, 6.45) is 2.27. The quantitative estimate of drug-likeness (QED) is 0.749. The van der Waals surface area contributed by atoms with Crippen LogP contribution >= 0.6 is 0 Å². The number of benzene rings is 1. The fraction of sp³-hybridized carbons (Fsp3) is 0.333. The van der Waals surface area contributed by atoms with E-state index in [1.807, 2.05) is 31.3 Å². The predicted molar refractivity (Wildman–Crippen MR) is 77.9 cm³/mol. The number of hydrogen-bond donors (Lipinski definition) is 1. The van der Waals surface area contributed by atoms with Crippen LogP contribution in [-0.4, -0.2) is 36.9 Å². The van der Waals surface area contributed by atoms with Crippen molar-refractivity contribution in [3.8, 4) is 11.4 Å². The average molecular weight is 287 g/mol. The van der Waals surface area contributed by atoms with Gasteiger partial charge in [-0.1, -0.05) is 23.4 Å². The maximum absolute atomic E-state index is 5.50. The molecule has 3 rings (SSSR count). The van der Waals surface area contributed by atoms with Crippen molar-refractivity contribution in [1.82, 2.24) is 15.5 Å². The van der Waals surface area contributed by atoms with Crippen LogP contribution in [0.4, 0.5) is 0 Å². The molecule has 1 aromatic carbocycles. The number of nitrogens with zero attached hydrogens (tertiary/aromatic N) is 2. The lowest BCUT2D eigenvalue weighted by atomic mass is 10.1. The monoisotopic (exact) mass is 287 g/mol. The van der Waals surface area contributed by atoms with Crippen molar-refractivity contribution in [2.24, 2.45) is 0 Å². The summed E-state index contributed by atoms with van der Waals surface area (Å²) in [6, 6.07) is 7.92. The molecule has 0 spiro atoms. The van der Waals surface area contributed by atoms with E-state index in [9.17, 15) is 0 Å². The molecule has 1 unspecified atom stereocenters. The molecule has 2 heterocycles. The van der Waals surface area contributed by atoms with E-state index < -0.39 is 0 Å². The number of methoxy groups -OCH3 is 1. The van der Waals surface area contributed by atoms with Crippen LogP contribution in [0.5, 0.6) is 0 Å². The third-order valence-electron chi connectivity index (χ3n) is 3.39. The predicted octanol–water partition coefficient (Wildman–Crippen LogP) is 2.26. The Morgan fingerprint density at radius 2 is 2.19 bits per heavy atom. The number of fused-ring (bicyclic) bond motifs is 1. The summed E-state index contributed by atoms with van der Waals surface area (Å²) in [5, 5.41) is 8.17. The lowest BCUT2D eigenvalue weighted by Crippen LogP contribution is -2.32. The van der Waals surface area contributed by atoms with E-state index >= 15 is 0 Å². The van der Waals surface area contributed by atoms with E-state index in [1.165, 1.54) is 0 Å². The van der Waals surface area contributed by atoms with Gasteiger partial charge >= 0.3 is 0 Å². The van der Waals surface area contributed by atoms with Crippen molar-refractivity contribution in [2.45, 2.75) is 12.5 Å². The third-order valence-corrected chi connectivity index (χ3v) is 3.39. The second-order valence-electron chi connectivity index (χ2n) is 4.80. The zero-order valence-corrected chi connectivity index (χ0v) is 12.0. The van der Waals surface area contributed by atoms with Crippen molar-refractivity contribution in [3.05, 3.63) is 36.4 Å². The molecule has 6 heteroatoms. The Labute approximate surface area is 122 Å². The van der Waals surface area contributed by atoms with Crippen LogP contribution in [0.3, 0.4) is 0 Å². The number of hydrogen-bond acceptors (Lipinski definition) is 6. The topological polar surface area (TPSA) is 73.3 Å². The summed E-state index contributed by atoms with van der Waals surface area (Å²) >= 11 is 0. The van der Waals surface area contributed by atoms with Crippen LogP contribution in [0, 0.1) is 0 Å². The number of aromatic nitrogens is 2. The van der Waals surface area contributed by atoms with Gasteiger partial charge in [-0.2, -0.15) is 4.98 Å². The Balaban J connectivity index is 1.84. The molecular weight excluding hydrogens is 270 g/mol. The fourth-order valence-electron chi connectivity index (χ4n) is 2.25. The zero-order chi connectivity index (χ0) is 14.7. The minimum Gasteiger partial charge on any atom is -0.464 e. The molecule has 21 heavy (non-hydrogen) atoms. The van der Waals surface area contributed by atoms with E-state index in [2.05, 4.69) is 15.5 Å². The summed E-state index contributed by atoms with van der Waals surface area (Å²) in [7, 11) is 3.55. The van der Waals surface area contributed by atoms with Gasteiger partial charge in [-0.05, 0) is 13.1 Å². The third kappa shape index (κ3) is 2.81. The number of para-hydroxylation sites is 1. The van der Waals surface area contributed by atoms with Crippen molar-refractivity contribution in [3.63, 3.8) is 0 Å². The van der Waals surface area contributed by atoms with Gasteiger partial charge in [0.2, 0.25) is 11.7 Å². The summed E-state index contributed by atoms with van der Waals surface area (Å²) in [6.45, 7) is 0.586. The van der Waals surface area contributed by atoms with E-state index in [0.29, 0.717) is 24.7 Å². The summed E-state index contributed by atoms with van der Waals surface area (Å²) in [5.74, 6) is 1.12. The standard InChI is InChI=1S/C15H17N3O3/c1-16-10(8-19-2)7-14-17-15(18-21-14)12-9-20-13-6-4-3-5-11(12)13/h3-6,9-10,16H,7-8H2,1-2H3. The molecule has 2 aromatic heterocycles. The average Bonchev–Trinajstić information content (AvgIpc) is 3.13. The molecule has 0 amide bonds. The van der Waals surface area contributed by atoms with Crippen LogP contribution in [0.15, 0.2) is 39.5 Å².